The minimum absolute atomic E-state index is 0.0489. The first-order valence-corrected chi connectivity index (χ1v) is 3.53. The maximum atomic E-state index is 12.4. The summed E-state index contributed by atoms with van der Waals surface area (Å²) in [6.45, 7) is 5.38. The van der Waals surface area contributed by atoms with Crippen molar-refractivity contribution in [1.29, 1.82) is 0 Å². The van der Waals surface area contributed by atoms with Crippen LogP contribution in [-0.4, -0.2) is 6.18 Å². The summed E-state index contributed by atoms with van der Waals surface area (Å²) < 4.78 is 48.6. The van der Waals surface area contributed by atoms with E-state index in [1.165, 1.54) is 6.92 Å². The van der Waals surface area contributed by atoms with Crippen LogP contribution in [0.5, 0.6) is 0 Å². The molecule has 0 spiro atoms. The molecule has 0 nitrogen and oxygen atoms in total. The number of alkyl halides is 3. The Hall–Kier alpha value is -1.06. The smallest absolute Gasteiger partial charge is 0.212 e. The molecule has 0 fully saturated rings. The summed E-state index contributed by atoms with van der Waals surface area (Å²) in [7, 11) is 0. The van der Waals surface area contributed by atoms with Gasteiger partial charge in [-0.3, -0.25) is 0 Å². The fourth-order valence-electron chi connectivity index (χ4n) is 0.589. The Morgan fingerprint density at radius 2 is 1.69 bits per heavy atom. The minimum Gasteiger partial charge on any atom is -0.212 e. The summed E-state index contributed by atoms with van der Waals surface area (Å²) in [5.74, 6) is -0.636. The molecule has 0 radical (unpaired) electrons. The van der Waals surface area contributed by atoms with E-state index in [0.29, 0.717) is 6.08 Å². The first-order valence-electron chi connectivity index (χ1n) is 3.53. The van der Waals surface area contributed by atoms with Gasteiger partial charge in [-0.2, -0.15) is 13.2 Å². The lowest BCUT2D eigenvalue weighted by Gasteiger charge is -2.06. The zero-order valence-electron chi connectivity index (χ0n) is 7.37. The third kappa shape index (κ3) is 3.92. The summed E-state index contributed by atoms with van der Waals surface area (Å²) in [5.41, 5.74) is -0.991. The molecule has 0 atom stereocenters. The molecule has 0 unspecified atom stereocenters. The molecule has 0 bridgehead atoms. The monoisotopic (exact) mass is 194 g/mol. The van der Waals surface area contributed by atoms with Crippen molar-refractivity contribution in [2.45, 2.75) is 20.0 Å². The summed E-state index contributed by atoms with van der Waals surface area (Å²) in [6, 6.07) is 0. The second-order valence-electron chi connectivity index (χ2n) is 2.52. The topological polar surface area (TPSA) is 0 Å². The fourth-order valence-corrected chi connectivity index (χ4v) is 0.589. The van der Waals surface area contributed by atoms with Gasteiger partial charge in [-0.1, -0.05) is 12.7 Å². The highest BCUT2D eigenvalue weighted by molar-refractivity contribution is 5.32. The molecule has 0 aliphatic carbocycles. The van der Waals surface area contributed by atoms with Crippen molar-refractivity contribution in [2.24, 2.45) is 0 Å². The SMILES string of the molecule is C=C/C(=C\C(C)=C(/C)F)C(F)(F)F. The van der Waals surface area contributed by atoms with Crippen LogP contribution in [0.25, 0.3) is 0 Å². The van der Waals surface area contributed by atoms with E-state index >= 15 is 0 Å². The second kappa shape index (κ2) is 4.25. The van der Waals surface area contributed by atoms with Crippen molar-refractivity contribution in [2.75, 3.05) is 0 Å². The van der Waals surface area contributed by atoms with E-state index in [4.69, 9.17) is 0 Å². The first kappa shape index (κ1) is 11.9. The van der Waals surface area contributed by atoms with Crippen molar-refractivity contribution in [1.82, 2.24) is 0 Å². The van der Waals surface area contributed by atoms with Crippen molar-refractivity contribution >= 4 is 0 Å². The Kier molecular flexibility index (Phi) is 3.91. The van der Waals surface area contributed by atoms with Crippen LogP contribution in [0.3, 0.4) is 0 Å². The van der Waals surface area contributed by atoms with Crippen LogP contribution in [0, 0.1) is 0 Å². The summed E-state index contributed by atoms with van der Waals surface area (Å²) >= 11 is 0. The van der Waals surface area contributed by atoms with E-state index in [-0.39, 0.29) is 5.57 Å². The Morgan fingerprint density at radius 1 is 1.23 bits per heavy atom. The van der Waals surface area contributed by atoms with Gasteiger partial charge in [0.1, 0.15) is 0 Å². The van der Waals surface area contributed by atoms with E-state index in [1.54, 1.807) is 0 Å². The summed E-state index contributed by atoms with van der Waals surface area (Å²) in [5, 5.41) is 0. The quantitative estimate of drug-likeness (QED) is 0.461. The molecule has 0 saturated heterocycles. The third-order valence-corrected chi connectivity index (χ3v) is 1.46. The van der Waals surface area contributed by atoms with Crippen molar-refractivity contribution < 1.29 is 17.6 Å². The lowest BCUT2D eigenvalue weighted by molar-refractivity contribution is -0.0882. The average molecular weight is 194 g/mol. The predicted octanol–water partition coefficient (Wildman–Crippen LogP) is 3.92. The molecule has 0 N–H and O–H groups in total. The van der Waals surface area contributed by atoms with E-state index in [9.17, 15) is 17.6 Å². The summed E-state index contributed by atoms with van der Waals surface area (Å²) in [6.07, 6.45) is -3.09. The van der Waals surface area contributed by atoms with Crippen LogP contribution >= 0.6 is 0 Å². The molecule has 0 aliphatic heterocycles. The number of hydrogen-bond donors (Lipinski definition) is 0. The van der Waals surface area contributed by atoms with Crippen LogP contribution in [0.4, 0.5) is 17.6 Å². The zero-order valence-corrected chi connectivity index (χ0v) is 7.37. The van der Waals surface area contributed by atoms with Gasteiger partial charge in [0.05, 0.1) is 11.4 Å². The molecule has 0 aliphatic rings. The molecule has 13 heavy (non-hydrogen) atoms. The maximum Gasteiger partial charge on any atom is 0.416 e. The molecule has 0 heterocycles. The Labute approximate surface area is 74.3 Å². The van der Waals surface area contributed by atoms with Crippen LogP contribution in [-0.2, 0) is 0 Å². The number of allylic oxidation sites excluding steroid dienone is 5. The van der Waals surface area contributed by atoms with Gasteiger partial charge < -0.3 is 0 Å². The lowest BCUT2D eigenvalue weighted by atomic mass is 10.1. The van der Waals surface area contributed by atoms with Gasteiger partial charge in [0, 0.05) is 0 Å². The zero-order chi connectivity index (χ0) is 10.6. The second-order valence-corrected chi connectivity index (χ2v) is 2.52. The van der Waals surface area contributed by atoms with E-state index in [2.05, 4.69) is 6.58 Å². The Morgan fingerprint density at radius 3 is 1.92 bits per heavy atom. The molecular weight excluding hydrogens is 184 g/mol. The van der Waals surface area contributed by atoms with Crippen LogP contribution in [0.1, 0.15) is 13.8 Å². The third-order valence-electron chi connectivity index (χ3n) is 1.46. The van der Waals surface area contributed by atoms with E-state index in [0.717, 1.165) is 13.0 Å². The molecule has 0 aromatic carbocycles. The van der Waals surface area contributed by atoms with E-state index in [1.807, 2.05) is 0 Å². The molecule has 0 amide bonds. The number of rotatable bonds is 2. The van der Waals surface area contributed by atoms with Gasteiger partial charge in [-0.15, -0.1) is 0 Å². The fraction of sp³-hybridized carbons (Fsp3) is 0.333. The molecule has 74 valence electrons. The van der Waals surface area contributed by atoms with Crippen LogP contribution < -0.4 is 0 Å². The van der Waals surface area contributed by atoms with Gasteiger partial charge >= 0.3 is 6.18 Å². The van der Waals surface area contributed by atoms with Gasteiger partial charge in [-0.25, -0.2) is 4.39 Å². The molecular formula is C9H10F4. The highest BCUT2D eigenvalue weighted by Crippen LogP contribution is 2.27. The lowest BCUT2D eigenvalue weighted by Crippen LogP contribution is -2.09. The number of halogens is 4. The summed E-state index contributed by atoms with van der Waals surface area (Å²) in [4.78, 5) is 0. The predicted molar refractivity (Wildman–Crippen MR) is 43.8 cm³/mol. The average Bonchev–Trinajstić information content (AvgIpc) is 1.96. The first-order chi connectivity index (χ1) is 5.79. The molecule has 0 aromatic rings. The highest BCUT2D eigenvalue weighted by atomic mass is 19.4. The van der Waals surface area contributed by atoms with Gasteiger partial charge in [-0.05, 0) is 25.5 Å². The van der Waals surface area contributed by atoms with Crippen molar-refractivity contribution in [3.05, 3.63) is 35.7 Å². The Balaban J connectivity index is 5.01. The molecule has 0 rings (SSSR count). The molecule has 4 heteroatoms. The van der Waals surface area contributed by atoms with Crippen molar-refractivity contribution in [3.63, 3.8) is 0 Å². The normalized spacial score (nSPS) is 15.4. The van der Waals surface area contributed by atoms with Crippen LogP contribution in [0.15, 0.2) is 35.7 Å². The van der Waals surface area contributed by atoms with E-state index < -0.39 is 17.6 Å². The maximum absolute atomic E-state index is 12.4. The van der Waals surface area contributed by atoms with Gasteiger partial charge in [0.15, 0.2) is 0 Å². The van der Waals surface area contributed by atoms with Crippen molar-refractivity contribution in [3.8, 4) is 0 Å². The van der Waals surface area contributed by atoms with Gasteiger partial charge in [0.2, 0.25) is 0 Å². The Bertz CT molecular complexity index is 251. The molecule has 0 aromatic heterocycles. The molecule has 0 saturated carbocycles. The standard InChI is InChI=1S/C9H10F4/c1-4-8(9(11,12)13)5-6(2)7(3)10/h4-5H,1H2,2-3H3/b7-6+,8-5+. The minimum atomic E-state index is -4.47. The van der Waals surface area contributed by atoms with Gasteiger partial charge in [0.25, 0.3) is 0 Å². The number of hydrogen-bond acceptors (Lipinski definition) is 0. The largest absolute Gasteiger partial charge is 0.416 e. The van der Waals surface area contributed by atoms with Crippen LogP contribution in [0.2, 0.25) is 0 Å². The highest BCUT2D eigenvalue weighted by Gasteiger charge is 2.31.